The lowest BCUT2D eigenvalue weighted by Gasteiger charge is -2.39. The summed E-state index contributed by atoms with van der Waals surface area (Å²) >= 11 is 0. The summed E-state index contributed by atoms with van der Waals surface area (Å²) in [5, 5.41) is 3.03. The highest BCUT2D eigenvalue weighted by molar-refractivity contribution is 5.99. The number of nitrogens with one attached hydrogen (secondary N) is 2. The molecule has 1 unspecified atom stereocenters. The number of piperazine rings is 1. The number of benzene rings is 1. The van der Waals surface area contributed by atoms with E-state index in [-0.39, 0.29) is 23.9 Å². The van der Waals surface area contributed by atoms with Gasteiger partial charge in [-0.2, -0.15) is 0 Å². The maximum atomic E-state index is 13.9. The van der Waals surface area contributed by atoms with Crippen molar-refractivity contribution in [3.63, 3.8) is 0 Å². The predicted molar refractivity (Wildman–Crippen MR) is 190 cm³/mol. The van der Waals surface area contributed by atoms with Crippen LogP contribution in [-0.2, 0) is 13.0 Å². The van der Waals surface area contributed by atoms with Crippen molar-refractivity contribution >= 4 is 11.7 Å². The van der Waals surface area contributed by atoms with Gasteiger partial charge in [0.15, 0.2) is 11.5 Å². The average molecular weight is 657 g/mol. The van der Waals surface area contributed by atoms with Crippen LogP contribution in [0.2, 0.25) is 0 Å². The van der Waals surface area contributed by atoms with Crippen molar-refractivity contribution in [1.82, 2.24) is 25.1 Å². The molecule has 3 aliphatic rings. The third kappa shape index (κ3) is 6.69. The van der Waals surface area contributed by atoms with Gasteiger partial charge in [0.1, 0.15) is 5.82 Å². The summed E-state index contributed by atoms with van der Waals surface area (Å²) in [4.78, 5) is 41.6. The SMILES string of the molecule is CCc1cc(C)[nH]c(=O)c1CNC(=O)c1cc(-c2ccc(N3CCN(CC)CC3)nc2)c2c(c1C)OC(C)(C1CCC(N(C)C)CC1)O2. The number of aromatic amines is 1. The molecule has 0 bridgehead atoms. The fraction of sp³-hybridized carbons (Fsp3) is 0.553. The second-order valence-corrected chi connectivity index (χ2v) is 14.1. The smallest absolute Gasteiger partial charge is 0.253 e. The maximum Gasteiger partial charge on any atom is 0.253 e. The van der Waals surface area contributed by atoms with Crippen LogP contribution in [0.15, 0.2) is 35.3 Å². The minimum atomic E-state index is -0.842. The highest BCUT2D eigenvalue weighted by atomic mass is 16.7. The Bertz CT molecular complexity index is 1690. The van der Waals surface area contributed by atoms with Gasteiger partial charge in [-0.3, -0.25) is 9.59 Å². The second-order valence-electron chi connectivity index (χ2n) is 14.1. The third-order valence-electron chi connectivity index (χ3n) is 10.9. The number of carbonyl (C=O) groups excluding carboxylic acids is 1. The number of aromatic nitrogens is 2. The second kappa shape index (κ2) is 13.9. The summed E-state index contributed by atoms with van der Waals surface area (Å²) in [6.45, 7) is 15.2. The van der Waals surface area contributed by atoms with Crippen LogP contribution < -0.4 is 25.2 Å². The van der Waals surface area contributed by atoms with Crippen LogP contribution in [0.5, 0.6) is 11.5 Å². The Morgan fingerprint density at radius 3 is 2.38 bits per heavy atom. The normalized spacial score (nSPS) is 22.7. The molecule has 4 heterocycles. The number of anilines is 1. The highest BCUT2D eigenvalue weighted by Gasteiger charge is 2.47. The molecule has 258 valence electrons. The van der Waals surface area contributed by atoms with Gasteiger partial charge in [-0.05, 0) is 96.4 Å². The van der Waals surface area contributed by atoms with Crippen LogP contribution in [0.1, 0.15) is 79.2 Å². The number of fused-ring (bicyclic) bond motifs is 1. The number of nitrogens with zero attached hydrogens (tertiary/aromatic N) is 4. The Hall–Kier alpha value is -3.89. The number of carbonyl (C=O) groups is 1. The number of likely N-dealkylation sites (N-methyl/N-ethyl adjacent to an activating group) is 1. The first-order valence-corrected chi connectivity index (χ1v) is 17.7. The summed E-state index contributed by atoms with van der Waals surface area (Å²) in [6.07, 6.45) is 6.77. The predicted octanol–water partition coefficient (Wildman–Crippen LogP) is 5.30. The standard InChI is InChI=1S/C38H52N6O4/c1-8-26-20-24(3)41-37(46)32(26)23-40-36(45)30-21-31(27-10-15-33(39-22-27)44-18-16-43(9-2)17-19-44)35-34(25(30)4)47-38(5,48-35)28-11-13-29(14-12-28)42(6)7/h10,15,20-22,28-29H,8-9,11-14,16-19,23H2,1-7H3,(H,40,45)(H,41,46). The van der Waals surface area contributed by atoms with Crippen LogP contribution in [0.3, 0.4) is 0 Å². The zero-order valence-corrected chi connectivity index (χ0v) is 29.7. The Balaban J connectivity index is 1.32. The molecule has 48 heavy (non-hydrogen) atoms. The molecule has 1 aliphatic carbocycles. The van der Waals surface area contributed by atoms with Gasteiger partial charge in [0.25, 0.3) is 17.3 Å². The Labute approximate surface area is 284 Å². The lowest BCUT2D eigenvalue weighted by molar-refractivity contribution is -0.123. The fourth-order valence-corrected chi connectivity index (χ4v) is 7.70. The zero-order chi connectivity index (χ0) is 34.2. The molecule has 1 aromatic carbocycles. The molecule has 1 amide bonds. The fourth-order valence-electron chi connectivity index (χ4n) is 7.70. The summed E-state index contributed by atoms with van der Waals surface area (Å²) < 4.78 is 13.6. The number of H-pyrrole nitrogens is 1. The minimum absolute atomic E-state index is 0.134. The maximum absolute atomic E-state index is 13.9. The van der Waals surface area contributed by atoms with E-state index in [0.29, 0.717) is 35.1 Å². The topological polar surface area (TPSA) is 103 Å². The Kier molecular flexibility index (Phi) is 9.86. The van der Waals surface area contributed by atoms with Crippen LogP contribution in [-0.4, -0.2) is 84.3 Å². The van der Waals surface area contributed by atoms with E-state index in [4.69, 9.17) is 14.5 Å². The van der Waals surface area contributed by atoms with E-state index in [1.54, 1.807) is 0 Å². The lowest BCUT2D eigenvalue weighted by atomic mass is 9.81. The molecule has 3 aromatic rings. The van der Waals surface area contributed by atoms with Crippen molar-refractivity contribution in [2.24, 2.45) is 5.92 Å². The van der Waals surface area contributed by atoms with Crippen molar-refractivity contribution < 1.29 is 14.3 Å². The van der Waals surface area contributed by atoms with Gasteiger partial charge >= 0.3 is 0 Å². The number of hydrogen-bond acceptors (Lipinski definition) is 8. The quantitative estimate of drug-likeness (QED) is 0.320. The molecule has 6 rings (SSSR count). The van der Waals surface area contributed by atoms with Gasteiger partial charge in [0.05, 0.1) is 0 Å². The average Bonchev–Trinajstić information content (AvgIpc) is 3.47. The third-order valence-corrected chi connectivity index (χ3v) is 10.9. The number of rotatable bonds is 9. The number of hydrogen-bond donors (Lipinski definition) is 2. The molecular weight excluding hydrogens is 604 g/mol. The number of amides is 1. The summed E-state index contributed by atoms with van der Waals surface area (Å²) in [7, 11) is 4.30. The molecule has 2 aromatic heterocycles. The van der Waals surface area contributed by atoms with Crippen molar-refractivity contribution in [2.75, 3.05) is 51.7 Å². The van der Waals surface area contributed by atoms with Crippen molar-refractivity contribution in [3.8, 4) is 22.6 Å². The number of pyridine rings is 2. The van der Waals surface area contributed by atoms with Gasteiger partial charge in [-0.1, -0.05) is 13.8 Å². The molecule has 2 fully saturated rings. The molecule has 2 aliphatic heterocycles. The molecule has 1 atom stereocenters. The molecular formula is C38H52N6O4. The first-order valence-electron chi connectivity index (χ1n) is 17.7. The molecule has 10 nitrogen and oxygen atoms in total. The van der Waals surface area contributed by atoms with E-state index >= 15 is 0 Å². The van der Waals surface area contributed by atoms with Crippen LogP contribution in [0.4, 0.5) is 5.82 Å². The largest absolute Gasteiger partial charge is 0.448 e. The number of aryl methyl sites for hydroxylation is 2. The van der Waals surface area contributed by atoms with E-state index < -0.39 is 5.79 Å². The Morgan fingerprint density at radius 2 is 1.75 bits per heavy atom. The van der Waals surface area contributed by atoms with E-state index in [0.717, 1.165) is 92.2 Å². The van der Waals surface area contributed by atoms with Gasteiger partial charge in [0, 0.05) is 91.3 Å². The molecule has 0 radical (unpaired) electrons. The summed E-state index contributed by atoms with van der Waals surface area (Å²) in [6, 6.07) is 8.57. The molecule has 1 saturated heterocycles. The monoisotopic (exact) mass is 656 g/mol. The van der Waals surface area contributed by atoms with Crippen LogP contribution in [0.25, 0.3) is 11.1 Å². The molecule has 1 saturated carbocycles. The van der Waals surface area contributed by atoms with E-state index in [2.05, 4.69) is 58.2 Å². The van der Waals surface area contributed by atoms with Crippen LogP contribution in [0, 0.1) is 19.8 Å². The van der Waals surface area contributed by atoms with Crippen molar-refractivity contribution in [2.45, 2.75) is 85.1 Å². The van der Waals surface area contributed by atoms with E-state index in [1.807, 2.05) is 46.0 Å². The van der Waals surface area contributed by atoms with E-state index in [1.165, 1.54) is 0 Å². The molecule has 0 spiro atoms. The van der Waals surface area contributed by atoms with E-state index in [9.17, 15) is 9.59 Å². The highest BCUT2D eigenvalue weighted by Crippen LogP contribution is 2.53. The van der Waals surface area contributed by atoms with Gasteiger partial charge < -0.3 is 34.5 Å². The Morgan fingerprint density at radius 1 is 1.04 bits per heavy atom. The number of ether oxygens (including phenoxy) is 2. The first-order chi connectivity index (χ1) is 23.0. The van der Waals surface area contributed by atoms with Gasteiger partial charge in [-0.15, -0.1) is 0 Å². The lowest BCUT2D eigenvalue weighted by Crippen LogP contribution is -2.46. The van der Waals surface area contributed by atoms with Gasteiger partial charge in [0.2, 0.25) is 0 Å². The minimum Gasteiger partial charge on any atom is -0.448 e. The van der Waals surface area contributed by atoms with Crippen LogP contribution >= 0.6 is 0 Å². The summed E-state index contributed by atoms with van der Waals surface area (Å²) in [5.74, 6) is 1.33. The van der Waals surface area contributed by atoms with Crippen molar-refractivity contribution in [1.29, 1.82) is 0 Å². The summed E-state index contributed by atoms with van der Waals surface area (Å²) in [5.41, 5.74) is 5.02. The van der Waals surface area contributed by atoms with Gasteiger partial charge in [-0.25, -0.2) is 4.98 Å². The first kappa shape index (κ1) is 34.0. The molecule has 2 N–H and O–H groups in total. The van der Waals surface area contributed by atoms with Crippen molar-refractivity contribution in [3.05, 3.63) is 68.8 Å². The molecule has 10 heteroatoms. The zero-order valence-electron chi connectivity index (χ0n) is 29.7.